The number of nitrogens with zero attached hydrogens (tertiary/aromatic N) is 3. The fraction of sp³-hybridized carbons (Fsp3) is 0.250. The fourth-order valence-electron chi connectivity index (χ4n) is 3.00. The Bertz CT molecular complexity index is 886. The Balaban J connectivity index is 1.37. The number of amides is 1. The second-order valence-corrected chi connectivity index (χ2v) is 6.38. The molecule has 3 aromatic rings. The van der Waals surface area contributed by atoms with Crippen LogP contribution in [0.4, 0.5) is 11.6 Å². The first-order valence-electron chi connectivity index (χ1n) is 8.96. The lowest BCUT2D eigenvalue weighted by atomic mass is 10.1. The number of hydrogen-bond acceptors (Lipinski definition) is 5. The number of carbonyl (C=O) groups is 1. The number of aromatic nitrogens is 3. The van der Waals surface area contributed by atoms with Crippen molar-refractivity contribution in [3.05, 3.63) is 71.8 Å². The van der Waals surface area contributed by atoms with Crippen molar-refractivity contribution in [2.24, 2.45) is 0 Å². The SMILES string of the molecule is O=C(Nc1cnc(N2CCOCC2)nc1)c1ccc(Cc2ccccc2)[nH]1. The molecule has 2 aromatic heterocycles. The summed E-state index contributed by atoms with van der Waals surface area (Å²) in [5.74, 6) is 0.443. The molecule has 0 aliphatic carbocycles. The molecule has 0 unspecified atom stereocenters. The van der Waals surface area contributed by atoms with Crippen molar-refractivity contribution in [2.75, 3.05) is 36.5 Å². The van der Waals surface area contributed by atoms with Crippen molar-refractivity contribution >= 4 is 17.5 Å². The molecule has 4 rings (SSSR count). The molecular weight excluding hydrogens is 342 g/mol. The highest BCUT2D eigenvalue weighted by molar-refractivity contribution is 6.02. The van der Waals surface area contributed by atoms with E-state index in [2.05, 4.69) is 37.3 Å². The van der Waals surface area contributed by atoms with E-state index in [1.165, 1.54) is 5.56 Å². The van der Waals surface area contributed by atoms with Gasteiger partial charge in [-0.3, -0.25) is 4.79 Å². The lowest BCUT2D eigenvalue weighted by Gasteiger charge is -2.26. The van der Waals surface area contributed by atoms with Crippen LogP contribution in [-0.2, 0) is 11.2 Å². The van der Waals surface area contributed by atoms with Crippen LogP contribution in [0.15, 0.2) is 54.9 Å². The number of rotatable bonds is 5. The summed E-state index contributed by atoms with van der Waals surface area (Å²) < 4.78 is 5.33. The van der Waals surface area contributed by atoms with Gasteiger partial charge in [-0.1, -0.05) is 30.3 Å². The van der Waals surface area contributed by atoms with Gasteiger partial charge in [-0.15, -0.1) is 0 Å². The summed E-state index contributed by atoms with van der Waals surface area (Å²) in [5.41, 5.74) is 3.26. The largest absolute Gasteiger partial charge is 0.378 e. The molecule has 0 atom stereocenters. The number of H-pyrrole nitrogens is 1. The van der Waals surface area contributed by atoms with Gasteiger partial charge in [0.25, 0.3) is 5.91 Å². The monoisotopic (exact) mass is 363 g/mol. The van der Waals surface area contributed by atoms with Gasteiger partial charge in [0.15, 0.2) is 0 Å². The Morgan fingerprint density at radius 3 is 2.56 bits per heavy atom. The van der Waals surface area contributed by atoms with Crippen molar-refractivity contribution in [2.45, 2.75) is 6.42 Å². The topological polar surface area (TPSA) is 83.1 Å². The molecule has 1 aromatic carbocycles. The lowest BCUT2D eigenvalue weighted by Crippen LogP contribution is -2.37. The quantitative estimate of drug-likeness (QED) is 0.728. The Labute approximate surface area is 157 Å². The number of aromatic amines is 1. The highest BCUT2D eigenvalue weighted by Crippen LogP contribution is 2.14. The number of hydrogen-bond donors (Lipinski definition) is 2. The van der Waals surface area contributed by atoms with Crippen molar-refractivity contribution < 1.29 is 9.53 Å². The molecule has 1 saturated heterocycles. The summed E-state index contributed by atoms with van der Waals surface area (Å²) in [5, 5.41) is 2.83. The van der Waals surface area contributed by atoms with Gasteiger partial charge >= 0.3 is 0 Å². The maximum atomic E-state index is 12.4. The summed E-state index contributed by atoms with van der Waals surface area (Å²) >= 11 is 0. The van der Waals surface area contributed by atoms with Crippen LogP contribution in [0.1, 0.15) is 21.7 Å². The lowest BCUT2D eigenvalue weighted by molar-refractivity contribution is 0.102. The zero-order valence-electron chi connectivity index (χ0n) is 14.9. The van der Waals surface area contributed by atoms with E-state index in [4.69, 9.17) is 4.74 Å². The second kappa shape index (κ2) is 8.01. The molecule has 1 aliphatic rings. The third-order valence-electron chi connectivity index (χ3n) is 4.42. The predicted molar refractivity (Wildman–Crippen MR) is 103 cm³/mol. The van der Waals surface area contributed by atoms with Gasteiger partial charge in [-0.2, -0.15) is 0 Å². The first-order chi connectivity index (χ1) is 13.3. The summed E-state index contributed by atoms with van der Waals surface area (Å²) in [4.78, 5) is 26.4. The maximum Gasteiger partial charge on any atom is 0.272 e. The number of nitrogens with one attached hydrogen (secondary N) is 2. The molecule has 7 heteroatoms. The van der Waals surface area contributed by atoms with Crippen molar-refractivity contribution in [1.82, 2.24) is 15.0 Å². The maximum absolute atomic E-state index is 12.4. The van der Waals surface area contributed by atoms with Crippen molar-refractivity contribution in [1.29, 1.82) is 0 Å². The molecule has 0 radical (unpaired) electrons. The van der Waals surface area contributed by atoms with Crippen LogP contribution < -0.4 is 10.2 Å². The van der Waals surface area contributed by atoms with Gasteiger partial charge in [0.1, 0.15) is 5.69 Å². The zero-order valence-corrected chi connectivity index (χ0v) is 14.9. The summed E-state index contributed by atoms with van der Waals surface area (Å²) in [6.45, 7) is 2.91. The van der Waals surface area contributed by atoms with Crippen molar-refractivity contribution in [3.63, 3.8) is 0 Å². The molecule has 0 saturated carbocycles. The smallest absolute Gasteiger partial charge is 0.272 e. The van der Waals surface area contributed by atoms with Crippen LogP contribution in [0.3, 0.4) is 0 Å². The first kappa shape index (κ1) is 17.2. The number of benzene rings is 1. The van der Waals surface area contributed by atoms with Crippen LogP contribution >= 0.6 is 0 Å². The Hall–Kier alpha value is -3.19. The minimum Gasteiger partial charge on any atom is -0.378 e. The summed E-state index contributed by atoms with van der Waals surface area (Å²) in [6, 6.07) is 13.8. The molecule has 1 fully saturated rings. The standard InChI is InChI=1S/C20H21N5O2/c26-19(18-7-6-16(23-18)12-15-4-2-1-3-5-15)24-17-13-21-20(22-14-17)25-8-10-27-11-9-25/h1-7,13-14,23H,8-12H2,(H,24,26). The van der Waals surface area contributed by atoms with E-state index < -0.39 is 0 Å². The Kier molecular flexibility index (Phi) is 5.11. The molecule has 1 amide bonds. The number of anilines is 2. The van der Waals surface area contributed by atoms with E-state index in [0.717, 1.165) is 25.2 Å². The minimum atomic E-state index is -0.211. The van der Waals surface area contributed by atoms with Crippen molar-refractivity contribution in [3.8, 4) is 0 Å². The average molecular weight is 363 g/mol. The molecule has 2 N–H and O–H groups in total. The molecule has 1 aliphatic heterocycles. The van der Waals surface area contributed by atoms with Crippen LogP contribution in [0.5, 0.6) is 0 Å². The molecular formula is C20H21N5O2. The number of carbonyl (C=O) groups excluding carboxylic acids is 1. The normalized spacial score (nSPS) is 14.1. The van der Waals surface area contributed by atoms with E-state index in [-0.39, 0.29) is 5.91 Å². The number of morpholine rings is 1. The third-order valence-corrected chi connectivity index (χ3v) is 4.42. The van der Waals surface area contributed by atoms with Crippen LogP contribution in [0, 0.1) is 0 Å². The van der Waals surface area contributed by atoms with Gasteiger partial charge < -0.3 is 19.9 Å². The highest BCUT2D eigenvalue weighted by atomic mass is 16.5. The van der Waals surface area contributed by atoms with E-state index in [1.54, 1.807) is 18.5 Å². The molecule has 7 nitrogen and oxygen atoms in total. The van der Waals surface area contributed by atoms with E-state index in [0.29, 0.717) is 30.5 Å². The second-order valence-electron chi connectivity index (χ2n) is 6.38. The molecule has 27 heavy (non-hydrogen) atoms. The molecule has 0 bridgehead atoms. The van der Waals surface area contributed by atoms with Crippen LogP contribution in [0.2, 0.25) is 0 Å². The van der Waals surface area contributed by atoms with Gasteiger partial charge in [0.2, 0.25) is 5.95 Å². The molecule has 0 spiro atoms. The van der Waals surface area contributed by atoms with E-state index in [9.17, 15) is 4.79 Å². The third kappa shape index (κ3) is 4.32. The van der Waals surface area contributed by atoms with Gasteiger partial charge in [-0.25, -0.2) is 9.97 Å². The van der Waals surface area contributed by atoms with Gasteiger partial charge in [0, 0.05) is 25.2 Å². The summed E-state index contributed by atoms with van der Waals surface area (Å²) in [6.07, 6.45) is 4.01. The highest BCUT2D eigenvalue weighted by Gasteiger charge is 2.14. The minimum absolute atomic E-state index is 0.211. The Morgan fingerprint density at radius 2 is 1.81 bits per heavy atom. The van der Waals surface area contributed by atoms with Gasteiger partial charge in [-0.05, 0) is 17.7 Å². The van der Waals surface area contributed by atoms with E-state index >= 15 is 0 Å². The van der Waals surface area contributed by atoms with Gasteiger partial charge in [0.05, 0.1) is 31.3 Å². The summed E-state index contributed by atoms with van der Waals surface area (Å²) in [7, 11) is 0. The Morgan fingerprint density at radius 1 is 1.07 bits per heavy atom. The van der Waals surface area contributed by atoms with Crippen LogP contribution in [-0.4, -0.2) is 47.2 Å². The zero-order chi connectivity index (χ0) is 18.5. The average Bonchev–Trinajstić information content (AvgIpc) is 3.19. The van der Waals surface area contributed by atoms with E-state index in [1.807, 2.05) is 24.3 Å². The predicted octanol–water partition coefficient (Wildman–Crippen LogP) is 2.48. The number of ether oxygens (including phenoxy) is 1. The fourth-order valence-corrected chi connectivity index (χ4v) is 3.00. The first-order valence-corrected chi connectivity index (χ1v) is 8.96. The molecule has 138 valence electrons. The molecule has 3 heterocycles. The van der Waals surface area contributed by atoms with Crippen LogP contribution in [0.25, 0.3) is 0 Å².